The lowest BCUT2D eigenvalue weighted by Crippen LogP contribution is -2.43. The molecule has 0 unspecified atom stereocenters. The number of fused-ring (bicyclic) bond motifs is 1. The topological polar surface area (TPSA) is 121 Å². The van der Waals surface area contributed by atoms with Gasteiger partial charge in [-0.25, -0.2) is 14.4 Å². The summed E-state index contributed by atoms with van der Waals surface area (Å²) in [5.74, 6) is -1.29. The number of alkyl carbamates (subject to hydrolysis) is 1. The molecule has 5 aromatic rings. The van der Waals surface area contributed by atoms with Crippen LogP contribution in [0.5, 0.6) is 5.75 Å². The summed E-state index contributed by atoms with van der Waals surface area (Å²) >= 11 is 0. The van der Waals surface area contributed by atoms with Crippen molar-refractivity contribution in [1.82, 2.24) is 5.32 Å². The second-order valence-electron chi connectivity index (χ2n) is 9.87. The summed E-state index contributed by atoms with van der Waals surface area (Å²) in [5, 5.41) is 3.15. The first kappa shape index (κ1) is 29.8. The molecule has 1 atom stereocenters. The van der Waals surface area contributed by atoms with Crippen LogP contribution in [-0.2, 0) is 32.3 Å². The molecular formula is C35H29NO8. The molecule has 0 aliphatic carbocycles. The molecule has 0 fully saturated rings. The molecule has 0 radical (unpaired) electrons. The van der Waals surface area contributed by atoms with E-state index in [1.165, 1.54) is 12.1 Å². The molecule has 0 saturated heterocycles. The highest BCUT2D eigenvalue weighted by Gasteiger charge is 2.25. The summed E-state index contributed by atoms with van der Waals surface area (Å²) in [7, 11) is 0. The van der Waals surface area contributed by atoms with Crippen molar-refractivity contribution in [1.29, 1.82) is 0 Å². The molecule has 0 spiro atoms. The number of nitrogens with one attached hydrogen (secondary N) is 1. The van der Waals surface area contributed by atoms with E-state index in [9.17, 15) is 19.2 Å². The van der Waals surface area contributed by atoms with Crippen molar-refractivity contribution in [3.63, 3.8) is 0 Å². The Morgan fingerprint density at radius 2 is 1.34 bits per heavy atom. The highest BCUT2D eigenvalue weighted by atomic mass is 16.6. The van der Waals surface area contributed by atoms with Gasteiger partial charge in [0.25, 0.3) is 0 Å². The first-order chi connectivity index (χ1) is 21.4. The molecule has 1 amide bonds. The van der Waals surface area contributed by atoms with E-state index in [0.717, 1.165) is 16.7 Å². The molecular weight excluding hydrogens is 562 g/mol. The van der Waals surface area contributed by atoms with Crippen LogP contribution < -0.4 is 15.7 Å². The summed E-state index contributed by atoms with van der Waals surface area (Å²) < 4.78 is 21.6. The zero-order chi connectivity index (χ0) is 30.7. The fourth-order valence-corrected chi connectivity index (χ4v) is 4.48. The van der Waals surface area contributed by atoms with E-state index in [1.807, 2.05) is 78.9 Å². The van der Waals surface area contributed by atoms with Crippen LogP contribution in [0.3, 0.4) is 0 Å². The second kappa shape index (κ2) is 14.5. The van der Waals surface area contributed by atoms with Gasteiger partial charge < -0.3 is 23.9 Å². The van der Waals surface area contributed by atoms with Crippen molar-refractivity contribution < 1.29 is 33.0 Å². The molecule has 5 rings (SSSR count). The number of ether oxygens (including phenoxy) is 3. The monoisotopic (exact) mass is 591 g/mol. The van der Waals surface area contributed by atoms with E-state index in [4.69, 9.17) is 18.6 Å². The second-order valence-corrected chi connectivity index (χ2v) is 9.87. The summed E-state index contributed by atoms with van der Waals surface area (Å²) in [6, 6.07) is 32.4. The van der Waals surface area contributed by atoms with Gasteiger partial charge in [-0.3, -0.25) is 4.79 Å². The quantitative estimate of drug-likeness (QED) is 0.110. The van der Waals surface area contributed by atoms with Gasteiger partial charge >= 0.3 is 23.7 Å². The summed E-state index contributed by atoms with van der Waals surface area (Å²) in [5.41, 5.74) is 2.74. The number of carbonyl (C=O) groups excluding carboxylic acids is 3. The molecule has 0 aliphatic heterocycles. The minimum Gasteiger partial charge on any atom is -0.461 e. The van der Waals surface area contributed by atoms with Gasteiger partial charge in [0.15, 0.2) is 0 Å². The Labute approximate surface area is 253 Å². The smallest absolute Gasteiger partial charge is 0.408 e. The molecule has 1 aromatic heterocycles. The summed E-state index contributed by atoms with van der Waals surface area (Å²) in [4.78, 5) is 50.7. The highest BCUT2D eigenvalue weighted by molar-refractivity contribution is 5.94. The summed E-state index contributed by atoms with van der Waals surface area (Å²) in [6.45, 7) is 0.0651. The highest BCUT2D eigenvalue weighted by Crippen LogP contribution is 2.29. The van der Waals surface area contributed by atoms with E-state index in [0.29, 0.717) is 10.9 Å². The van der Waals surface area contributed by atoms with E-state index in [-0.39, 0.29) is 37.4 Å². The first-order valence-electron chi connectivity index (χ1n) is 14.0. The molecule has 44 heavy (non-hydrogen) atoms. The molecule has 9 heteroatoms. The normalized spacial score (nSPS) is 11.4. The SMILES string of the molecule is O=C(CC[C@H](NC(=O)OCc1ccccc1)C(=O)Oc1ccc2c(-c3ccccc3)cc(=O)oc2c1)OCc1ccccc1. The minimum atomic E-state index is -1.24. The zero-order valence-electron chi connectivity index (χ0n) is 23.6. The third-order valence-corrected chi connectivity index (χ3v) is 6.69. The maximum Gasteiger partial charge on any atom is 0.408 e. The lowest BCUT2D eigenvalue weighted by Gasteiger charge is -2.17. The number of esters is 2. The fraction of sp³-hybridized carbons (Fsp3) is 0.143. The lowest BCUT2D eigenvalue weighted by molar-refractivity contribution is -0.145. The largest absolute Gasteiger partial charge is 0.461 e. The maximum absolute atomic E-state index is 13.3. The van der Waals surface area contributed by atoms with Gasteiger partial charge in [-0.2, -0.15) is 0 Å². The van der Waals surface area contributed by atoms with Gasteiger partial charge in [-0.15, -0.1) is 0 Å². The Kier molecular flexibility index (Phi) is 9.79. The van der Waals surface area contributed by atoms with Crippen LogP contribution in [0, 0.1) is 0 Å². The number of amides is 1. The average molecular weight is 592 g/mol. The van der Waals surface area contributed by atoms with Crippen LogP contribution in [0.2, 0.25) is 0 Å². The maximum atomic E-state index is 13.3. The van der Waals surface area contributed by atoms with Crippen molar-refractivity contribution in [2.24, 2.45) is 0 Å². The van der Waals surface area contributed by atoms with Crippen LogP contribution in [0.1, 0.15) is 24.0 Å². The lowest BCUT2D eigenvalue weighted by atomic mass is 10.0. The Morgan fingerprint density at radius 1 is 0.727 bits per heavy atom. The van der Waals surface area contributed by atoms with Crippen LogP contribution in [-0.4, -0.2) is 24.1 Å². The van der Waals surface area contributed by atoms with Crippen LogP contribution in [0.25, 0.3) is 22.1 Å². The van der Waals surface area contributed by atoms with E-state index < -0.39 is 29.7 Å². The molecule has 0 bridgehead atoms. The molecule has 222 valence electrons. The molecule has 1 heterocycles. The number of benzene rings is 4. The molecule has 0 saturated carbocycles. The Hall–Kier alpha value is -5.70. The van der Waals surface area contributed by atoms with E-state index >= 15 is 0 Å². The average Bonchev–Trinajstić information content (AvgIpc) is 3.05. The molecule has 0 aliphatic rings. The van der Waals surface area contributed by atoms with Gasteiger partial charge in [0.1, 0.15) is 30.6 Å². The minimum absolute atomic E-state index is 0.0129. The van der Waals surface area contributed by atoms with Crippen LogP contribution in [0.15, 0.2) is 124 Å². The molecule has 9 nitrogen and oxygen atoms in total. The molecule has 1 N–H and O–H groups in total. The number of hydrogen-bond donors (Lipinski definition) is 1. The third kappa shape index (κ3) is 8.19. The van der Waals surface area contributed by atoms with Crippen molar-refractivity contribution in [2.45, 2.75) is 32.1 Å². The summed E-state index contributed by atoms with van der Waals surface area (Å²) in [6.07, 6.45) is -1.13. The third-order valence-electron chi connectivity index (χ3n) is 6.69. The molecule has 4 aromatic carbocycles. The van der Waals surface area contributed by atoms with Gasteiger partial charge in [-0.1, -0.05) is 91.0 Å². The van der Waals surface area contributed by atoms with Crippen molar-refractivity contribution in [3.8, 4) is 16.9 Å². The Bertz CT molecular complexity index is 1790. The predicted molar refractivity (Wildman–Crippen MR) is 163 cm³/mol. The predicted octanol–water partition coefficient (Wildman–Crippen LogP) is 6.18. The van der Waals surface area contributed by atoms with Gasteiger partial charge in [-0.05, 0) is 40.8 Å². The van der Waals surface area contributed by atoms with Crippen LogP contribution in [0.4, 0.5) is 4.79 Å². The number of carbonyl (C=O) groups is 3. The first-order valence-corrected chi connectivity index (χ1v) is 14.0. The van der Waals surface area contributed by atoms with Crippen molar-refractivity contribution >= 4 is 29.0 Å². The van der Waals surface area contributed by atoms with Gasteiger partial charge in [0.2, 0.25) is 0 Å². The van der Waals surface area contributed by atoms with Crippen molar-refractivity contribution in [3.05, 3.63) is 137 Å². The standard InChI is InChI=1S/C35H29NO8/c37-32(41-22-24-10-4-1-5-11-24)19-18-30(36-35(40)42-23-25-12-6-2-7-13-25)34(39)43-27-16-17-28-29(26-14-8-3-9-15-26)21-33(38)44-31(28)20-27/h1-17,20-21,30H,18-19,22-23H2,(H,36,40)/t30-/m0/s1. The van der Waals surface area contributed by atoms with Gasteiger partial charge in [0, 0.05) is 23.9 Å². The fourth-order valence-electron chi connectivity index (χ4n) is 4.48. The number of hydrogen-bond acceptors (Lipinski definition) is 8. The number of rotatable bonds is 11. The Balaban J connectivity index is 1.29. The zero-order valence-corrected chi connectivity index (χ0v) is 23.6. The van der Waals surface area contributed by atoms with E-state index in [2.05, 4.69) is 5.32 Å². The van der Waals surface area contributed by atoms with E-state index in [1.54, 1.807) is 24.3 Å². The van der Waals surface area contributed by atoms with Crippen LogP contribution >= 0.6 is 0 Å². The van der Waals surface area contributed by atoms with Gasteiger partial charge in [0.05, 0.1) is 0 Å². The Morgan fingerprint density at radius 3 is 2.00 bits per heavy atom. The van der Waals surface area contributed by atoms with Crippen molar-refractivity contribution in [2.75, 3.05) is 0 Å².